The average Bonchev–Trinajstić information content (AvgIpc) is 2.93. The minimum absolute atomic E-state index is 0.196. The fraction of sp³-hybridized carbons (Fsp3) is 0.692. The summed E-state index contributed by atoms with van der Waals surface area (Å²) in [6, 6.07) is 2.01. The Labute approximate surface area is 121 Å². The molecule has 3 rings (SSSR count). The quantitative estimate of drug-likeness (QED) is 0.903. The van der Waals surface area contributed by atoms with E-state index < -0.39 is 12.0 Å². The Morgan fingerprint density at radius 1 is 1.24 bits per heavy atom. The van der Waals surface area contributed by atoms with Gasteiger partial charge in [0, 0.05) is 38.8 Å². The third-order valence-electron chi connectivity index (χ3n) is 4.13. The van der Waals surface area contributed by atoms with Crippen molar-refractivity contribution in [2.75, 3.05) is 43.4 Å². The Balaban J connectivity index is 1.87. The van der Waals surface area contributed by atoms with E-state index in [-0.39, 0.29) is 5.82 Å². The molecule has 0 aliphatic carbocycles. The summed E-state index contributed by atoms with van der Waals surface area (Å²) in [5.74, 6) is -0.535. The maximum atomic E-state index is 12.9. The highest BCUT2D eigenvalue weighted by Crippen LogP contribution is 2.30. The molecule has 21 heavy (non-hydrogen) atoms. The summed E-state index contributed by atoms with van der Waals surface area (Å²) in [4.78, 5) is 11.6. The molecule has 0 spiro atoms. The van der Waals surface area contributed by atoms with E-state index in [0.29, 0.717) is 18.4 Å². The number of hydrogen-bond donors (Lipinski definition) is 1. The van der Waals surface area contributed by atoms with Crippen molar-refractivity contribution >= 4 is 11.6 Å². The molecular weight excluding hydrogens is 283 g/mol. The van der Waals surface area contributed by atoms with Crippen LogP contribution in [-0.2, 0) is 6.18 Å². The zero-order valence-corrected chi connectivity index (χ0v) is 11.8. The van der Waals surface area contributed by atoms with Gasteiger partial charge in [0.05, 0.1) is 0 Å². The monoisotopic (exact) mass is 301 g/mol. The number of piperazine rings is 1. The minimum Gasteiger partial charge on any atom is -0.373 e. The molecule has 1 atom stereocenters. The number of fused-ring (bicyclic) bond motifs is 1. The van der Waals surface area contributed by atoms with Gasteiger partial charge in [0.2, 0.25) is 5.82 Å². The van der Waals surface area contributed by atoms with Gasteiger partial charge in [-0.1, -0.05) is 0 Å². The molecule has 0 aromatic carbocycles. The second kappa shape index (κ2) is 5.32. The maximum Gasteiger partial charge on any atom is 0.451 e. The highest BCUT2D eigenvalue weighted by atomic mass is 19.4. The number of nitrogens with zero attached hydrogens (tertiary/aromatic N) is 4. The second-order valence-corrected chi connectivity index (χ2v) is 5.46. The lowest BCUT2D eigenvalue weighted by Gasteiger charge is -2.38. The molecule has 0 radical (unpaired) electrons. The van der Waals surface area contributed by atoms with Crippen LogP contribution in [0, 0.1) is 0 Å². The smallest absolute Gasteiger partial charge is 0.373 e. The van der Waals surface area contributed by atoms with E-state index in [1.165, 1.54) is 0 Å². The third kappa shape index (κ3) is 2.90. The van der Waals surface area contributed by atoms with Crippen molar-refractivity contribution in [2.45, 2.75) is 25.1 Å². The summed E-state index contributed by atoms with van der Waals surface area (Å²) in [7, 11) is 1.56. The molecule has 2 saturated heterocycles. The predicted octanol–water partition coefficient (Wildman–Crippen LogP) is 1.82. The van der Waals surface area contributed by atoms with E-state index in [1.54, 1.807) is 13.1 Å². The van der Waals surface area contributed by atoms with E-state index >= 15 is 0 Å². The summed E-state index contributed by atoms with van der Waals surface area (Å²) in [5, 5.41) is 2.68. The van der Waals surface area contributed by atoms with Crippen LogP contribution in [0.2, 0.25) is 0 Å². The van der Waals surface area contributed by atoms with Crippen molar-refractivity contribution in [2.24, 2.45) is 0 Å². The number of nitrogens with one attached hydrogen (secondary N) is 1. The molecule has 1 aromatic heterocycles. The van der Waals surface area contributed by atoms with Crippen LogP contribution in [0.4, 0.5) is 24.8 Å². The molecule has 3 heterocycles. The molecule has 0 bridgehead atoms. The molecule has 2 aliphatic rings. The summed E-state index contributed by atoms with van der Waals surface area (Å²) >= 11 is 0. The van der Waals surface area contributed by atoms with Gasteiger partial charge in [-0.3, -0.25) is 4.90 Å². The van der Waals surface area contributed by atoms with Crippen molar-refractivity contribution < 1.29 is 13.2 Å². The van der Waals surface area contributed by atoms with Gasteiger partial charge in [0.1, 0.15) is 11.6 Å². The number of anilines is 2. The third-order valence-corrected chi connectivity index (χ3v) is 4.13. The van der Waals surface area contributed by atoms with Crippen LogP contribution in [0.25, 0.3) is 0 Å². The lowest BCUT2D eigenvalue weighted by molar-refractivity contribution is -0.144. The fourth-order valence-corrected chi connectivity index (χ4v) is 3.05. The van der Waals surface area contributed by atoms with Crippen LogP contribution in [0.3, 0.4) is 0 Å². The number of halogens is 3. The number of hydrogen-bond acceptors (Lipinski definition) is 5. The maximum absolute atomic E-state index is 12.9. The highest BCUT2D eigenvalue weighted by molar-refractivity contribution is 5.50. The molecule has 0 saturated carbocycles. The van der Waals surface area contributed by atoms with Gasteiger partial charge >= 0.3 is 6.18 Å². The Morgan fingerprint density at radius 3 is 2.76 bits per heavy atom. The Kier molecular flexibility index (Phi) is 3.64. The number of rotatable bonds is 2. The van der Waals surface area contributed by atoms with Crippen molar-refractivity contribution in [3.63, 3.8) is 0 Å². The van der Waals surface area contributed by atoms with E-state index in [0.717, 1.165) is 32.5 Å². The molecule has 2 fully saturated rings. The topological polar surface area (TPSA) is 44.3 Å². The van der Waals surface area contributed by atoms with E-state index in [4.69, 9.17) is 0 Å². The van der Waals surface area contributed by atoms with Gasteiger partial charge in [-0.25, -0.2) is 9.97 Å². The largest absolute Gasteiger partial charge is 0.451 e. The first-order valence-corrected chi connectivity index (χ1v) is 7.10. The summed E-state index contributed by atoms with van der Waals surface area (Å²) in [6.07, 6.45) is -2.26. The molecule has 1 N–H and O–H groups in total. The Bertz CT molecular complexity index is 519. The fourth-order valence-electron chi connectivity index (χ4n) is 3.05. The van der Waals surface area contributed by atoms with E-state index in [2.05, 4.69) is 20.2 Å². The van der Waals surface area contributed by atoms with Crippen LogP contribution in [0.15, 0.2) is 6.07 Å². The number of alkyl halides is 3. The van der Waals surface area contributed by atoms with E-state index in [1.807, 2.05) is 4.90 Å². The van der Waals surface area contributed by atoms with Crippen molar-refractivity contribution in [1.29, 1.82) is 0 Å². The van der Waals surface area contributed by atoms with Gasteiger partial charge < -0.3 is 10.2 Å². The zero-order chi connectivity index (χ0) is 15.0. The summed E-state index contributed by atoms with van der Waals surface area (Å²) < 4.78 is 38.7. The van der Waals surface area contributed by atoms with Crippen LogP contribution < -0.4 is 10.2 Å². The van der Waals surface area contributed by atoms with Crippen LogP contribution in [0.5, 0.6) is 0 Å². The van der Waals surface area contributed by atoms with Gasteiger partial charge in [-0.15, -0.1) is 0 Å². The molecule has 1 aromatic rings. The first kappa shape index (κ1) is 14.4. The molecule has 116 valence electrons. The summed E-state index contributed by atoms with van der Waals surface area (Å²) in [5.41, 5.74) is 0. The summed E-state index contributed by atoms with van der Waals surface area (Å²) in [6.45, 7) is 3.41. The SMILES string of the molecule is CNc1cc(N2CCN3CCCC3C2)nc(C(F)(F)F)n1. The Hall–Kier alpha value is -1.57. The van der Waals surface area contributed by atoms with Gasteiger partial charge in [-0.05, 0) is 19.4 Å². The molecule has 0 amide bonds. The van der Waals surface area contributed by atoms with Gasteiger partial charge in [0.25, 0.3) is 0 Å². The molecule has 1 unspecified atom stereocenters. The van der Waals surface area contributed by atoms with E-state index in [9.17, 15) is 13.2 Å². The van der Waals surface area contributed by atoms with Crippen molar-refractivity contribution in [3.05, 3.63) is 11.9 Å². The molecule has 2 aliphatic heterocycles. The minimum atomic E-state index is -4.53. The predicted molar refractivity (Wildman–Crippen MR) is 73.4 cm³/mol. The highest BCUT2D eigenvalue weighted by Gasteiger charge is 2.37. The first-order chi connectivity index (χ1) is 9.97. The second-order valence-electron chi connectivity index (χ2n) is 5.46. The first-order valence-electron chi connectivity index (χ1n) is 7.10. The van der Waals surface area contributed by atoms with Crippen molar-refractivity contribution in [1.82, 2.24) is 14.9 Å². The molecular formula is C13H18F3N5. The normalized spacial score (nSPS) is 23.2. The molecule has 5 nitrogen and oxygen atoms in total. The van der Waals surface area contributed by atoms with Gasteiger partial charge in [-0.2, -0.15) is 13.2 Å². The molecule has 8 heteroatoms. The number of aromatic nitrogens is 2. The van der Waals surface area contributed by atoms with Crippen LogP contribution in [-0.4, -0.2) is 54.1 Å². The lowest BCUT2D eigenvalue weighted by Crippen LogP contribution is -2.50. The Morgan fingerprint density at radius 2 is 2.05 bits per heavy atom. The standard InChI is InChI=1S/C13H18F3N5/c1-17-10-7-11(19-12(18-10)13(14,15)16)21-6-5-20-4-2-3-9(20)8-21/h7,9H,2-6,8H2,1H3,(H,17,18,19). The van der Waals surface area contributed by atoms with Crippen LogP contribution >= 0.6 is 0 Å². The lowest BCUT2D eigenvalue weighted by atomic mass is 10.1. The van der Waals surface area contributed by atoms with Crippen molar-refractivity contribution in [3.8, 4) is 0 Å². The van der Waals surface area contributed by atoms with Crippen LogP contribution in [0.1, 0.15) is 18.7 Å². The average molecular weight is 301 g/mol. The zero-order valence-electron chi connectivity index (χ0n) is 11.8. The van der Waals surface area contributed by atoms with Gasteiger partial charge in [0.15, 0.2) is 0 Å².